The molecule has 2 aromatic carbocycles. The van der Waals surface area contributed by atoms with Crippen molar-refractivity contribution in [1.29, 1.82) is 0 Å². The maximum absolute atomic E-state index is 12.6. The molecule has 0 aliphatic carbocycles. The predicted molar refractivity (Wildman–Crippen MR) is 98.5 cm³/mol. The molecule has 0 bridgehead atoms. The maximum atomic E-state index is 12.6. The number of hydrogen-bond acceptors (Lipinski definition) is 3. The van der Waals surface area contributed by atoms with Crippen molar-refractivity contribution in [2.45, 2.75) is 0 Å². The fraction of sp³-hybridized carbons (Fsp3) is 0.222. The van der Waals surface area contributed by atoms with Crippen LogP contribution in [0.15, 0.2) is 47.3 Å². The third-order valence-electron chi connectivity index (χ3n) is 4.50. The summed E-state index contributed by atoms with van der Waals surface area (Å²) in [5.74, 6) is 0.00701. The van der Waals surface area contributed by atoms with Crippen molar-refractivity contribution in [3.63, 3.8) is 0 Å². The molecule has 4 rings (SSSR count). The lowest BCUT2D eigenvalue weighted by Gasteiger charge is -2.36. The molecule has 0 atom stereocenters. The first-order valence-corrected chi connectivity index (χ1v) is 8.50. The van der Waals surface area contributed by atoms with Crippen molar-refractivity contribution in [3.8, 4) is 0 Å². The number of benzene rings is 2. The van der Waals surface area contributed by atoms with E-state index in [1.807, 2.05) is 23.1 Å². The molecule has 2 heterocycles. The molecule has 1 fully saturated rings. The third kappa shape index (κ3) is 3.13. The average Bonchev–Trinajstić information content (AvgIpc) is 3.00. The van der Waals surface area contributed by atoms with Crippen molar-refractivity contribution in [3.05, 3.63) is 63.5 Å². The Hall–Kier alpha value is -2.73. The first-order chi connectivity index (χ1) is 12.1. The summed E-state index contributed by atoms with van der Waals surface area (Å²) in [7, 11) is 0. The summed E-state index contributed by atoms with van der Waals surface area (Å²) in [5.41, 5.74) is 3.04. The minimum atomic E-state index is -0.205. The van der Waals surface area contributed by atoms with Gasteiger partial charge in [-0.05, 0) is 36.4 Å². The van der Waals surface area contributed by atoms with Crippen LogP contribution in [-0.4, -0.2) is 47.0 Å². The molecule has 6 nitrogen and oxygen atoms in total. The number of anilines is 1. The molecule has 7 heteroatoms. The molecule has 0 saturated carbocycles. The van der Waals surface area contributed by atoms with Gasteiger partial charge in [0, 0.05) is 42.5 Å². The highest BCUT2D eigenvalue weighted by molar-refractivity contribution is 6.30. The van der Waals surface area contributed by atoms with Crippen LogP contribution in [0, 0.1) is 0 Å². The molecule has 128 valence electrons. The number of nitrogens with zero attached hydrogens (tertiary/aromatic N) is 2. The zero-order valence-corrected chi connectivity index (χ0v) is 14.2. The normalized spacial score (nSPS) is 14.9. The average molecular weight is 357 g/mol. The van der Waals surface area contributed by atoms with Gasteiger partial charge in [0.15, 0.2) is 0 Å². The summed E-state index contributed by atoms with van der Waals surface area (Å²) in [6.45, 7) is 2.78. The van der Waals surface area contributed by atoms with Gasteiger partial charge in [-0.25, -0.2) is 4.79 Å². The molecule has 0 spiro atoms. The lowest BCUT2D eigenvalue weighted by Crippen LogP contribution is -2.48. The largest absolute Gasteiger partial charge is 0.368 e. The highest BCUT2D eigenvalue weighted by Gasteiger charge is 2.22. The van der Waals surface area contributed by atoms with E-state index in [0.717, 1.165) is 29.8 Å². The van der Waals surface area contributed by atoms with E-state index in [9.17, 15) is 9.59 Å². The molecule has 1 aromatic heterocycles. The highest BCUT2D eigenvalue weighted by Crippen LogP contribution is 2.21. The fourth-order valence-corrected chi connectivity index (χ4v) is 3.38. The van der Waals surface area contributed by atoms with E-state index in [-0.39, 0.29) is 11.6 Å². The first kappa shape index (κ1) is 15.8. The van der Waals surface area contributed by atoms with Crippen LogP contribution in [0.4, 0.5) is 5.69 Å². The van der Waals surface area contributed by atoms with E-state index in [1.54, 1.807) is 24.3 Å². The smallest absolute Gasteiger partial charge is 0.323 e. The van der Waals surface area contributed by atoms with Crippen LogP contribution in [0.5, 0.6) is 0 Å². The quantitative estimate of drug-likeness (QED) is 0.741. The van der Waals surface area contributed by atoms with Crippen molar-refractivity contribution in [2.75, 3.05) is 31.1 Å². The molecule has 2 N–H and O–H groups in total. The number of nitrogens with one attached hydrogen (secondary N) is 2. The molecular formula is C18H17ClN4O2. The molecule has 25 heavy (non-hydrogen) atoms. The van der Waals surface area contributed by atoms with Crippen LogP contribution in [0.25, 0.3) is 11.0 Å². The minimum Gasteiger partial charge on any atom is -0.368 e. The maximum Gasteiger partial charge on any atom is 0.323 e. The summed E-state index contributed by atoms with van der Waals surface area (Å²) >= 11 is 5.97. The van der Waals surface area contributed by atoms with Gasteiger partial charge in [-0.2, -0.15) is 0 Å². The molecule has 1 aliphatic rings. The van der Waals surface area contributed by atoms with E-state index in [1.165, 1.54) is 0 Å². The fourth-order valence-electron chi connectivity index (χ4n) is 3.19. The predicted octanol–water partition coefficient (Wildman–Crippen LogP) is 2.47. The van der Waals surface area contributed by atoms with Crippen LogP contribution in [-0.2, 0) is 0 Å². The number of carbonyl (C=O) groups excluding carboxylic acids is 1. The zero-order valence-electron chi connectivity index (χ0n) is 13.5. The van der Waals surface area contributed by atoms with Gasteiger partial charge < -0.3 is 19.8 Å². The van der Waals surface area contributed by atoms with Gasteiger partial charge in [0.1, 0.15) is 0 Å². The second kappa shape index (κ2) is 6.29. The van der Waals surface area contributed by atoms with Gasteiger partial charge in [-0.15, -0.1) is 0 Å². The Bertz CT molecular complexity index is 986. The van der Waals surface area contributed by atoms with Gasteiger partial charge in [0.05, 0.1) is 11.0 Å². The Labute approximate surface area is 149 Å². The van der Waals surface area contributed by atoms with Crippen LogP contribution in [0.3, 0.4) is 0 Å². The van der Waals surface area contributed by atoms with E-state index in [0.29, 0.717) is 23.7 Å². The SMILES string of the molecule is O=C(c1cccc(Cl)c1)N1CCN(c2ccc3[nH]c(=O)[nH]c3c2)CC1. The van der Waals surface area contributed by atoms with Gasteiger partial charge in [0.25, 0.3) is 5.91 Å². The summed E-state index contributed by atoms with van der Waals surface area (Å²) in [6, 6.07) is 12.9. The lowest BCUT2D eigenvalue weighted by molar-refractivity contribution is 0.0747. The summed E-state index contributed by atoms with van der Waals surface area (Å²) in [4.78, 5) is 33.5. The number of aromatic amines is 2. The van der Waals surface area contributed by atoms with Gasteiger partial charge in [-0.3, -0.25) is 4.79 Å². The number of carbonyl (C=O) groups is 1. The highest BCUT2D eigenvalue weighted by atomic mass is 35.5. The second-order valence-corrected chi connectivity index (χ2v) is 6.54. The van der Waals surface area contributed by atoms with E-state index < -0.39 is 0 Å². The Kier molecular flexibility index (Phi) is 3.97. The third-order valence-corrected chi connectivity index (χ3v) is 4.74. The molecule has 1 saturated heterocycles. The molecular weight excluding hydrogens is 340 g/mol. The lowest BCUT2D eigenvalue weighted by atomic mass is 10.1. The number of amides is 1. The Morgan fingerprint density at radius 1 is 0.960 bits per heavy atom. The molecule has 1 aliphatic heterocycles. The summed E-state index contributed by atoms with van der Waals surface area (Å²) < 4.78 is 0. The number of halogens is 1. The molecule has 3 aromatic rings. The van der Waals surface area contributed by atoms with Crippen molar-refractivity contribution in [1.82, 2.24) is 14.9 Å². The minimum absolute atomic E-state index is 0.00701. The van der Waals surface area contributed by atoms with E-state index >= 15 is 0 Å². The molecule has 0 radical (unpaired) electrons. The zero-order chi connectivity index (χ0) is 17.4. The second-order valence-electron chi connectivity index (χ2n) is 6.10. The number of aromatic nitrogens is 2. The number of piperazine rings is 1. The molecule has 1 amide bonds. The van der Waals surface area contributed by atoms with Crippen LogP contribution in [0.1, 0.15) is 10.4 Å². The number of hydrogen-bond donors (Lipinski definition) is 2. The number of H-pyrrole nitrogens is 2. The summed E-state index contributed by atoms with van der Waals surface area (Å²) in [6.07, 6.45) is 0. The van der Waals surface area contributed by atoms with Crippen LogP contribution in [0.2, 0.25) is 5.02 Å². The van der Waals surface area contributed by atoms with Crippen molar-refractivity contribution < 1.29 is 4.79 Å². The number of fused-ring (bicyclic) bond motifs is 1. The monoisotopic (exact) mass is 356 g/mol. The van der Waals surface area contributed by atoms with E-state index in [2.05, 4.69) is 14.9 Å². The molecule has 0 unspecified atom stereocenters. The van der Waals surface area contributed by atoms with Gasteiger partial charge in [-0.1, -0.05) is 17.7 Å². The van der Waals surface area contributed by atoms with Crippen molar-refractivity contribution in [2.24, 2.45) is 0 Å². The van der Waals surface area contributed by atoms with Crippen molar-refractivity contribution >= 4 is 34.2 Å². The Morgan fingerprint density at radius 2 is 1.72 bits per heavy atom. The topological polar surface area (TPSA) is 72.2 Å². The van der Waals surface area contributed by atoms with E-state index in [4.69, 9.17) is 11.6 Å². The standard InChI is InChI=1S/C18H17ClN4O2/c19-13-3-1-2-12(10-13)17(24)23-8-6-22(7-9-23)14-4-5-15-16(11-14)21-18(25)20-15/h1-5,10-11H,6-9H2,(H2,20,21,25). The van der Waals surface area contributed by atoms with Crippen LogP contribution >= 0.6 is 11.6 Å². The summed E-state index contributed by atoms with van der Waals surface area (Å²) in [5, 5.41) is 0.568. The first-order valence-electron chi connectivity index (χ1n) is 8.12. The Balaban J connectivity index is 1.46. The van der Waals surface area contributed by atoms with Gasteiger partial charge in [0.2, 0.25) is 0 Å². The van der Waals surface area contributed by atoms with Crippen LogP contribution < -0.4 is 10.6 Å². The number of imidazole rings is 1. The Morgan fingerprint density at radius 3 is 2.48 bits per heavy atom. The van der Waals surface area contributed by atoms with Gasteiger partial charge >= 0.3 is 5.69 Å². The number of rotatable bonds is 2.